The second-order valence-electron chi connectivity index (χ2n) is 3.04. The van der Waals surface area contributed by atoms with E-state index in [0.717, 1.165) is 0 Å². The lowest BCUT2D eigenvalue weighted by atomic mass is 10.1. The van der Waals surface area contributed by atoms with Crippen LogP contribution in [0.2, 0.25) is 0 Å². The Hall–Kier alpha value is -1.02. The number of ether oxygens (including phenoxy) is 2. The monoisotopic (exact) mass is 244 g/mol. The normalized spacial score (nSPS) is 15.1. The first-order chi connectivity index (χ1) is 7.43. The highest BCUT2D eigenvalue weighted by molar-refractivity contribution is 5.83. The van der Waals surface area contributed by atoms with E-state index in [2.05, 4.69) is 5.16 Å². The fourth-order valence-electron chi connectivity index (χ4n) is 0.924. The summed E-state index contributed by atoms with van der Waals surface area (Å²) < 4.78 is 46.5. The van der Waals surface area contributed by atoms with Crippen molar-refractivity contribution in [1.82, 2.24) is 0 Å². The molecule has 0 aromatic carbocycles. The molecule has 0 rings (SSSR count). The maximum absolute atomic E-state index is 12.4. The molecule has 0 heterocycles. The highest BCUT2D eigenvalue weighted by Crippen LogP contribution is 2.26. The van der Waals surface area contributed by atoms with Crippen LogP contribution >= 0.6 is 0 Å². The molecule has 8 heteroatoms. The van der Waals surface area contributed by atoms with Gasteiger partial charge < -0.3 is 20.4 Å². The zero-order valence-corrected chi connectivity index (χ0v) is 8.83. The Labute approximate surface area is 91.0 Å². The molecule has 0 aliphatic heterocycles. The SMILES string of the molecule is COCCCOCC(C(N)=NO)C(F)(F)F. The van der Waals surface area contributed by atoms with E-state index >= 15 is 0 Å². The number of amidine groups is 1. The van der Waals surface area contributed by atoms with E-state index in [-0.39, 0.29) is 6.61 Å². The van der Waals surface area contributed by atoms with Gasteiger partial charge >= 0.3 is 6.18 Å². The van der Waals surface area contributed by atoms with E-state index in [1.54, 1.807) is 0 Å². The summed E-state index contributed by atoms with van der Waals surface area (Å²) >= 11 is 0. The summed E-state index contributed by atoms with van der Waals surface area (Å²) in [5.41, 5.74) is 4.92. The van der Waals surface area contributed by atoms with Crippen molar-refractivity contribution in [3.8, 4) is 0 Å². The van der Waals surface area contributed by atoms with E-state index in [9.17, 15) is 13.2 Å². The van der Waals surface area contributed by atoms with Gasteiger partial charge in [0.15, 0.2) is 5.84 Å². The quantitative estimate of drug-likeness (QED) is 0.230. The Morgan fingerprint density at radius 1 is 1.44 bits per heavy atom. The Morgan fingerprint density at radius 3 is 2.50 bits per heavy atom. The van der Waals surface area contributed by atoms with Crippen molar-refractivity contribution in [1.29, 1.82) is 0 Å². The van der Waals surface area contributed by atoms with Crippen LogP contribution in [0.1, 0.15) is 6.42 Å². The summed E-state index contributed by atoms with van der Waals surface area (Å²) in [5, 5.41) is 10.5. The zero-order valence-electron chi connectivity index (χ0n) is 8.83. The summed E-state index contributed by atoms with van der Waals surface area (Å²) in [6, 6.07) is 0. The lowest BCUT2D eigenvalue weighted by Gasteiger charge is -2.18. The average Bonchev–Trinajstić information content (AvgIpc) is 2.20. The minimum absolute atomic E-state index is 0.124. The number of halogens is 3. The van der Waals surface area contributed by atoms with Crippen LogP contribution in [0.3, 0.4) is 0 Å². The molecule has 0 aromatic heterocycles. The van der Waals surface area contributed by atoms with Crippen LogP contribution in [-0.2, 0) is 9.47 Å². The van der Waals surface area contributed by atoms with Gasteiger partial charge in [0.05, 0.1) is 6.61 Å². The third kappa shape index (κ3) is 5.76. The fourth-order valence-corrected chi connectivity index (χ4v) is 0.924. The van der Waals surface area contributed by atoms with Gasteiger partial charge in [-0.25, -0.2) is 0 Å². The molecule has 5 nitrogen and oxygen atoms in total. The van der Waals surface area contributed by atoms with E-state index in [1.807, 2.05) is 0 Å². The topological polar surface area (TPSA) is 77.1 Å². The number of nitrogens with two attached hydrogens (primary N) is 1. The minimum atomic E-state index is -4.59. The van der Waals surface area contributed by atoms with Gasteiger partial charge in [-0.1, -0.05) is 5.16 Å². The molecule has 1 unspecified atom stereocenters. The van der Waals surface area contributed by atoms with E-state index < -0.39 is 24.5 Å². The number of rotatable bonds is 7. The molecule has 0 fully saturated rings. The second kappa shape index (κ2) is 7.29. The maximum Gasteiger partial charge on any atom is 0.401 e. The fraction of sp³-hybridized carbons (Fsp3) is 0.875. The number of hydrogen-bond donors (Lipinski definition) is 2. The predicted molar refractivity (Wildman–Crippen MR) is 50.3 cm³/mol. The molecule has 0 amide bonds. The molecule has 0 aliphatic rings. The first-order valence-electron chi connectivity index (χ1n) is 4.54. The van der Waals surface area contributed by atoms with Crippen molar-refractivity contribution >= 4 is 5.84 Å². The summed E-state index contributed by atoms with van der Waals surface area (Å²) in [7, 11) is 1.48. The average molecular weight is 244 g/mol. The molecule has 0 spiro atoms. The van der Waals surface area contributed by atoms with Crippen molar-refractivity contribution in [2.24, 2.45) is 16.8 Å². The molecule has 96 valence electrons. The summed E-state index contributed by atoms with van der Waals surface area (Å²) in [5.74, 6) is -2.99. The van der Waals surface area contributed by atoms with Crippen molar-refractivity contribution < 1.29 is 27.9 Å². The molecule has 16 heavy (non-hydrogen) atoms. The van der Waals surface area contributed by atoms with E-state index in [1.165, 1.54) is 7.11 Å². The van der Waals surface area contributed by atoms with Crippen LogP contribution in [0.4, 0.5) is 13.2 Å². The Kier molecular flexibility index (Phi) is 6.82. The molecule has 3 N–H and O–H groups in total. The standard InChI is InChI=1S/C8H15F3N2O3/c1-15-3-2-4-16-5-6(7(12)13-14)8(9,10)11/h6,14H,2-5H2,1H3,(H2,12,13). The van der Waals surface area contributed by atoms with Gasteiger partial charge in [0.2, 0.25) is 0 Å². The number of oxime groups is 1. The van der Waals surface area contributed by atoms with E-state index in [0.29, 0.717) is 13.0 Å². The first-order valence-corrected chi connectivity index (χ1v) is 4.54. The van der Waals surface area contributed by atoms with Crippen LogP contribution < -0.4 is 5.73 Å². The molecule has 0 saturated heterocycles. The van der Waals surface area contributed by atoms with Gasteiger partial charge in [-0.3, -0.25) is 0 Å². The van der Waals surface area contributed by atoms with Crippen LogP contribution in [-0.4, -0.2) is 44.1 Å². The van der Waals surface area contributed by atoms with Gasteiger partial charge in [0.1, 0.15) is 5.92 Å². The lowest BCUT2D eigenvalue weighted by Crippen LogP contribution is -2.39. The van der Waals surface area contributed by atoms with Crippen molar-refractivity contribution in [2.75, 3.05) is 26.9 Å². The second-order valence-corrected chi connectivity index (χ2v) is 3.04. The molecule has 0 radical (unpaired) electrons. The van der Waals surface area contributed by atoms with Crippen LogP contribution in [0.15, 0.2) is 5.16 Å². The van der Waals surface area contributed by atoms with Crippen LogP contribution in [0.25, 0.3) is 0 Å². The molecule has 0 saturated carbocycles. The Morgan fingerprint density at radius 2 is 2.06 bits per heavy atom. The smallest absolute Gasteiger partial charge is 0.401 e. The molecule has 0 bridgehead atoms. The Balaban J connectivity index is 4.05. The number of methoxy groups -OCH3 is 1. The molecule has 1 atom stereocenters. The Bertz CT molecular complexity index is 221. The lowest BCUT2D eigenvalue weighted by molar-refractivity contribution is -0.168. The maximum atomic E-state index is 12.4. The zero-order chi connectivity index (χ0) is 12.6. The number of hydrogen-bond acceptors (Lipinski definition) is 4. The van der Waals surface area contributed by atoms with Crippen LogP contribution in [0.5, 0.6) is 0 Å². The summed E-state index contributed by atoms with van der Waals surface area (Å²) in [6.07, 6.45) is -4.10. The molecular weight excluding hydrogens is 229 g/mol. The van der Waals surface area contributed by atoms with E-state index in [4.69, 9.17) is 20.4 Å². The highest BCUT2D eigenvalue weighted by atomic mass is 19.4. The van der Waals surface area contributed by atoms with Gasteiger partial charge in [0, 0.05) is 20.3 Å². The largest absolute Gasteiger partial charge is 0.409 e. The van der Waals surface area contributed by atoms with Gasteiger partial charge in [-0.2, -0.15) is 13.2 Å². The molecule has 0 aliphatic carbocycles. The van der Waals surface area contributed by atoms with Gasteiger partial charge in [0.25, 0.3) is 0 Å². The highest BCUT2D eigenvalue weighted by Gasteiger charge is 2.42. The summed E-state index contributed by atoms with van der Waals surface area (Å²) in [4.78, 5) is 0. The van der Waals surface area contributed by atoms with Gasteiger partial charge in [-0.05, 0) is 6.42 Å². The molecule has 0 aromatic rings. The summed E-state index contributed by atoms with van der Waals surface area (Å²) in [6.45, 7) is -0.136. The number of alkyl halides is 3. The number of nitrogens with zero attached hydrogens (tertiary/aromatic N) is 1. The van der Waals surface area contributed by atoms with Gasteiger partial charge in [-0.15, -0.1) is 0 Å². The minimum Gasteiger partial charge on any atom is -0.409 e. The first kappa shape index (κ1) is 15.0. The van der Waals surface area contributed by atoms with Crippen molar-refractivity contribution in [3.63, 3.8) is 0 Å². The van der Waals surface area contributed by atoms with Crippen molar-refractivity contribution in [2.45, 2.75) is 12.6 Å². The van der Waals surface area contributed by atoms with Crippen LogP contribution in [0, 0.1) is 5.92 Å². The molecular formula is C8H15F3N2O3. The van der Waals surface area contributed by atoms with Crippen molar-refractivity contribution in [3.05, 3.63) is 0 Å². The third-order valence-electron chi connectivity index (χ3n) is 1.79. The predicted octanol–water partition coefficient (Wildman–Crippen LogP) is 0.964. The third-order valence-corrected chi connectivity index (χ3v) is 1.79.